The summed E-state index contributed by atoms with van der Waals surface area (Å²) in [6, 6.07) is 0.146. The fourth-order valence-electron chi connectivity index (χ4n) is 1.92. The van der Waals surface area contributed by atoms with Gasteiger partial charge in [-0.25, -0.2) is 8.42 Å². The van der Waals surface area contributed by atoms with E-state index in [2.05, 4.69) is 10.6 Å². The zero-order chi connectivity index (χ0) is 10.0. The monoisotopic (exact) mass is 220 g/mol. The van der Waals surface area contributed by atoms with Gasteiger partial charge in [0.25, 0.3) is 0 Å². The largest absolute Gasteiger partial charge is 0.378 e. The van der Waals surface area contributed by atoms with Gasteiger partial charge in [-0.15, -0.1) is 0 Å². The Morgan fingerprint density at radius 3 is 2.57 bits per heavy atom. The van der Waals surface area contributed by atoms with Crippen LogP contribution in [0.3, 0.4) is 0 Å². The molecule has 0 aromatic carbocycles. The zero-order valence-corrected chi connectivity index (χ0v) is 8.85. The van der Waals surface area contributed by atoms with Crippen LogP contribution in [0, 0.1) is 0 Å². The molecule has 14 heavy (non-hydrogen) atoms. The van der Waals surface area contributed by atoms with Crippen LogP contribution in [0.2, 0.25) is 0 Å². The highest BCUT2D eigenvalue weighted by Gasteiger charge is 2.31. The number of morpholine rings is 1. The molecule has 0 aliphatic carbocycles. The molecular formula is C8H16N2O3S. The van der Waals surface area contributed by atoms with E-state index in [4.69, 9.17) is 4.74 Å². The average molecular weight is 220 g/mol. The molecule has 2 fully saturated rings. The summed E-state index contributed by atoms with van der Waals surface area (Å²) in [6.07, 6.45) is 0. The smallest absolute Gasteiger partial charge is 0.153 e. The first kappa shape index (κ1) is 10.4. The molecule has 82 valence electrons. The Morgan fingerprint density at radius 2 is 1.93 bits per heavy atom. The van der Waals surface area contributed by atoms with E-state index in [1.807, 2.05) is 0 Å². The quantitative estimate of drug-likeness (QED) is 0.555. The lowest BCUT2D eigenvalue weighted by Crippen LogP contribution is -2.59. The predicted molar refractivity (Wildman–Crippen MR) is 53.1 cm³/mol. The zero-order valence-electron chi connectivity index (χ0n) is 8.03. The van der Waals surface area contributed by atoms with Gasteiger partial charge in [0.1, 0.15) is 0 Å². The Labute approximate surface area is 84.1 Å². The molecule has 0 radical (unpaired) electrons. The summed E-state index contributed by atoms with van der Waals surface area (Å²) in [6.45, 7) is 2.69. The van der Waals surface area contributed by atoms with Crippen molar-refractivity contribution in [1.82, 2.24) is 10.6 Å². The Morgan fingerprint density at radius 1 is 1.14 bits per heavy atom. The molecule has 2 unspecified atom stereocenters. The van der Waals surface area contributed by atoms with Crippen molar-refractivity contribution in [3.8, 4) is 0 Å². The van der Waals surface area contributed by atoms with Crippen LogP contribution in [0.4, 0.5) is 0 Å². The van der Waals surface area contributed by atoms with E-state index < -0.39 is 9.84 Å². The molecule has 0 amide bonds. The SMILES string of the molecule is O=S1(=O)CCNC(C2COCCN2)C1. The van der Waals surface area contributed by atoms with E-state index >= 15 is 0 Å². The fraction of sp³-hybridized carbons (Fsp3) is 1.00. The van der Waals surface area contributed by atoms with Gasteiger partial charge in [0.05, 0.1) is 24.7 Å². The van der Waals surface area contributed by atoms with E-state index in [-0.39, 0.29) is 23.6 Å². The average Bonchev–Trinajstić information content (AvgIpc) is 2.18. The third-order valence-electron chi connectivity index (χ3n) is 2.69. The molecule has 0 spiro atoms. The summed E-state index contributed by atoms with van der Waals surface area (Å²) >= 11 is 0. The van der Waals surface area contributed by atoms with Crippen LogP contribution in [-0.2, 0) is 14.6 Å². The molecule has 6 heteroatoms. The van der Waals surface area contributed by atoms with Gasteiger partial charge >= 0.3 is 0 Å². The van der Waals surface area contributed by atoms with Gasteiger partial charge in [-0.1, -0.05) is 0 Å². The van der Waals surface area contributed by atoms with Gasteiger partial charge in [0.15, 0.2) is 9.84 Å². The van der Waals surface area contributed by atoms with Crippen molar-refractivity contribution in [2.24, 2.45) is 0 Å². The van der Waals surface area contributed by atoms with Crippen LogP contribution in [0.1, 0.15) is 0 Å². The molecule has 2 aliphatic heterocycles. The standard InChI is InChI=1S/C8H16N2O3S/c11-14(12)4-2-10-8(6-14)7-5-13-3-1-9-7/h7-10H,1-6H2. The first-order chi connectivity index (χ1) is 6.67. The van der Waals surface area contributed by atoms with Crippen LogP contribution in [-0.4, -0.2) is 58.3 Å². The normalized spacial score (nSPS) is 38.0. The molecule has 2 N–H and O–H groups in total. The number of ether oxygens (including phenoxy) is 1. The van der Waals surface area contributed by atoms with Crippen molar-refractivity contribution < 1.29 is 13.2 Å². The van der Waals surface area contributed by atoms with Crippen molar-refractivity contribution in [1.29, 1.82) is 0 Å². The third kappa shape index (κ3) is 2.44. The highest BCUT2D eigenvalue weighted by Crippen LogP contribution is 2.07. The van der Waals surface area contributed by atoms with Crippen LogP contribution < -0.4 is 10.6 Å². The third-order valence-corrected chi connectivity index (χ3v) is 4.38. The Bertz CT molecular complexity index is 285. The lowest BCUT2D eigenvalue weighted by molar-refractivity contribution is 0.0661. The lowest BCUT2D eigenvalue weighted by atomic mass is 10.1. The number of hydrogen-bond donors (Lipinski definition) is 2. The van der Waals surface area contributed by atoms with Crippen molar-refractivity contribution in [2.75, 3.05) is 37.8 Å². The summed E-state index contributed by atoms with van der Waals surface area (Å²) in [5.74, 6) is 0.491. The van der Waals surface area contributed by atoms with Gasteiger partial charge in [-0.3, -0.25) is 0 Å². The molecule has 0 bridgehead atoms. The molecule has 0 aromatic heterocycles. The number of rotatable bonds is 1. The van der Waals surface area contributed by atoms with Crippen molar-refractivity contribution in [3.05, 3.63) is 0 Å². The van der Waals surface area contributed by atoms with Crippen LogP contribution in [0.25, 0.3) is 0 Å². The maximum Gasteiger partial charge on any atom is 0.153 e. The summed E-state index contributed by atoms with van der Waals surface area (Å²) in [5.41, 5.74) is 0. The highest BCUT2D eigenvalue weighted by molar-refractivity contribution is 7.91. The van der Waals surface area contributed by atoms with Crippen LogP contribution in [0.15, 0.2) is 0 Å². The summed E-state index contributed by atoms with van der Waals surface area (Å²) in [5, 5.41) is 6.50. The first-order valence-corrected chi connectivity index (χ1v) is 6.74. The Hall–Kier alpha value is -0.170. The second kappa shape index (κ2) is 4.14. The van der Waals surface area contributed by atoms with Gasteiger partial charge in [-0.05, 0) is 0 Å². The molecule has 2 rings (SSSR count). The second-order valence-electron chi connectivity index (χ2n) is 3.81. The van der Waals surface area contributed by atoms with Crippen molar-refractivity contribution in [3.63, 3.8) is 0 Å². The number of nitrogens with one attached hydrogen (secondary N) is 2. The van der Waals surface area contributed by atoms with E-state index in [1.54, 1.807) is 0 Å². The second-order valence-corrected chi connectivity index (χ2v) is 6.04. The number of sulfone groups is 1. The predicted octanol–water partition coefficient (Wildman–Crippen LogP) is -1.64. The Balaban J connectivity index is 1.96. The van der Waals surface area contributed by atoms with E-state index in [0.29, 0.717) is 13.2 Å². The van der Waals surface area contributed by atoms with Crippen LogP contribution in [0.5, 0.6) is 0 Å². The van der Waals surface area contributed by atoms with Gasteiger partial charge in [-0.2, -0.15) is 0 Å². The molecule has 2 saturated heterocycles. The fourth-order valence-corrected chi connectivity index (χ4v) is 3.41. The first-order valence-electron chi connectivity index (χ1n) is 4.92. The van der Waals surface area contributed by atoms with Gasteiger partial charge in [0.2, 0.25) is 0 Å². The summed E-state index contributed by atoms with van der Waals surface area (Å²) in [4.78, 5) is 0. The Kier molecular flexibility index (Phi) is 3.06. The molecule has 2 heterocycles. The van der Waals surface area contributed by atoms with Gasteiger partial charge in [0, 0.05) is 25.2 Å². The van der Waals surface area contributed by atoms with E-state index in [1.165, 1.54) is 0 Å². The molecule has 0 saturated carbocycles. The molecule has 5 nitrogen and oxygen atoms in total. The minimum Gasteiger partial charge on any atom is -0.378 e. The van der Waals surface area contributed by atoms with Crippen molar-refractivity contribution in [2.45, 2.75) is 12.1 Å². The minimum absolute atomic E-state index is 0.00838. The molecule has 2 atom stereocenters. The lowest BCUT2D eigenvalue weighted by Gasteiger charge is -2.34. The molecular weight excluding hydrogens is 204 g/mol. The summed E-state index contributed by atoms with van der Waals surface area (Å²) < 4.78 is 28.1. The number of hydrogen-bond acceptors (Lipinski definition) is 5. The highest BCUT2D eigenvalue weighted by atomic mass is 32.2. The maximum atomic E-state index is 11.4. The maximum absolute atomic E-state index is 11.4. The summed E-state index contributed by atoms with van der Waals surface area (Å²) in [7, 11) is -2.84. The minimum atomic E-state index is -2.84. The van der Waals surface area contributed by atoms with Crippen molar-refractivity contribution >= 4 is 9.84 Å². The topological polar surface area (TPSA) is 67.4 Å². The van der Waals surface area contributed by atoms with Crippen LogP contribution >= 0.6 is 0 Å². The van der Waals surface area contributed by atoms with E-state index in [9.17, 15) is 8.42 Å². The molecule has 2 aliphatic rings. The molecule has 0 aromatic rings. The van der Waals surface area contributed by atoms with E-state index in [0.717, 1.165) is 13.2 Å². The van der Waals surface area contributed by atoms with Gasteiger partial charge < -0.3 is 15.4 Å².